The molecule has 0 amide bonds. The summed E-state index contributed by atoms with van der Waals surface area (Å²) in [5.74, 6) is 0.352. The molecule has 0 aliphatic rings. The molecule has 94 valence electrons. The average molecular weight is 241 g/mol. The predicted molar refractivity (Wildman–Crippen MR) is 74.6 cm³/mol. The monoisotopic (exact) mass is 241 g/mol. The first-order chi connectivity index (χ1) is 8.66. The maximum Gasteiger partial charge on any atom is 0.120 e. The van der Waals surface area contributed by atoms with Crippen LogP contribution in [0.15, 0.2) is 42.5 Å². The lowest BCUT2D eigenvalue weighted by atomic mass is 10.1. The largest absolute Gasteiger partial charge is 0.508 e. The fraction of sp³-hybridized carbons (Fsp3) is 0.250. The zero-order valence-electron chi connectivity index (χ0n) is 10.9. The van der Waals surface area contributed by atoms with Gasteiger partial charge in [-0.05, 0) is 31.0 Å². The highest BCUT2D eigenvalue weighted by atomic mass is 16.3. The van der Waals surface area contributed by atoms with E-state index in [0.717, 1.165) is 12.1 Å². The summed E-state index contributed by atoms with van der Waals surface area (Å²) in [6.07, 6.45) is 0. The molecule has 18 heavy (non-hydrogen) atoms. The first-order valence-corrected chi connectivity index (χ1v) is 6.20. The van der Waals surface area contributed by atoms with E-state index in [1.165, 1.54) is 16.7 Å². The second kappa shape index (κ2) is 5.69. The molecule has 0 saturated heterocycles. The molecule has 2 heteroatoms. The third-order valence-electron chi connectivity index (χ3n) is 3.12. The topological polar surface area (TPSA) is 32.3 Å². The summed E-state index contributed by atoms with van der Waals surface area (Å²) in [7, 11) is 0. The summed E-state index contributed by atoms with van der Waals surface area (Å²) in [4.78, 5) is 0. The molecular weight excluding hydrogens is 222 g/mol. The molecule has 0 radical (unpaired) electrons. The molecule has 2 N–H and O–H groups in total. The van der Waals surface area contributed by atoms with Gasteiger partial charge in [-0.2, -0.15) is 0 Å². The van der Waals surface area contributed by atoms with Gasteiger partial charge in [-0.3, -0.25) is 0 Å². The minimum atomic E-state index is 0.352. The average Bonchev–Trinajstić information content (AvgIpc) is 2.34. The van der Waals surface area contributed by atoms with Crippen LogP contribution in [-0.4, -0.2) is 5.11 Å². The summed E-state index contributed by atoms with van der Waals surface area (Å²) < 4.78 is 0. The molecule has 0 bridgehead atoms. The van der Waals surface area contributed by atoms with E-state index in [0.29, 0.717) is 12.3 Å². The molecular formula is C16H19NO. The third kappa shape index (κ3) is 3.11. The number of para-hydroxylation sites is 1. The highest BCUT2D eigenvalue weighted by Crippen LogP contribution is 2.15. The van der Waals surface area contributed by atoms with Crippen molar-refractivity contribution in [3.63, 3.8) is 0 Å². The molecule has 0 spiro atoms. The number of phenols is 1. The molecule has 0 fully saturated rings. The van der Waals surface area contributed by atoms with Crippen LogP contribution in [0.5, 0.6) is 5.75 Å². The van der Waals surface area contributed by atoms with Crippen molar-refractivity contribution in [3.05, 3.63) is 64.7 Å². The van der Waals surface area contributed by atoms with Gasteiger partial charge in [-0.25, -0.2) is 0 Å². The van der Waals surface area contributed by atoms with Gasteiger partial charge in [0.15, 0.2) is 0 Å². The van der Waals surface area contributed by atoms with Crippen molar-refractivity contribution in [2.45, 2.75) is 26.9 Å². The molecule has 0 heterocycles. The predicted octanol–water partition coefficient (Wildman–Crippen LogP) is 3.30. The molecule has 0 atom stereocenters. The number of aromatic hydroxyl groups is 1. The smallest absolute Gasteiger partial charge is 0.120 e. The van der Waals surface area contributed by atoms with Gasteiger partial charge in [0.05, 0.1) is 0 Å². The van der Waals surface area contributed by atoms with Gasteiger partial charge in [0, 0.05) is 18.7 Å². The lowest BCUT2D eigenvalue weighted by Gasteiger charge is -2.09. The Bertz CT molecular complexity index is 534. The fourth-order valence-corrected chi connectivity index (χ4v) is 2.04. The molecule has 0 aromatic heterocycles. The molecule has 0 aliphatic heterocycles. The van der Waals surface area contributed by atoms with Crippen molar-refractivity contribution in [1.82, 2.24) is 5.32 Å². The highest BCUT2D eigenvalue weighted by molar-refractivity contribution is 5.32. The molecule has 0 aliphatic carbocycles. The summed E-state index contributed by atoms with van der Waals surface area (Å²) in [6, 6.07) is 13.9. The Kier molecular flexibility index (Phi) is 4.00. The van der Waals surface area contributed by atoms with Crippen LogP contribution in [0.4, 0.5) is 0 Å². The molecule has 0 saturated carbocycles. The molecule has 2 rings (SSSR count). The summed E-state index contributed by atoms with van der Waals surface area (Å²) >= 11 is 0. The second-order valence-corrected chi connectivity index (χ2v) is 4.66. The second-order valence-electron chi connectivity index (χ2n) is 4.66. The zero-order chi connectivity index (χ0) is 13.0. The van der Waals surface area contributed by atoms with Crippen molar-refractivity contribution in [3.8, 4) is 5.75 Å². The van der Waals surface area contributed by atoms with Crippen LogP contribution in [0, 0.1) is 13.8 Å². The third-order valence-corrected chi connectivity index (χ3v) is 3.12. The Labute approximate surface area is 108 Å². The Balaban J connectivity index is 1.95. The van der Waals surface area contributed by atoms with Crippen molar-refractivity contribution >= 4 is 0 Å². The van der Waals surface area contributed by atoms with Crippen LogP contribution >= 0.6 is 0 Å². The van der Waals surface area contributed by atoms with E-state index < -0.39 is 0 Å². The van der Waals surface area contributed by atoms with Gasteiger partial charge >= 0.3 is 0 Å². The van der Waals surface area contributed by atoms with Crippen LogP contribution in [0.1, 0.15) is 22.3 Å². The first-order valence-electron chi connectivity index (χ1n) is 6.20. The number of benzene rings is 2. The van der Waals surface area contributed by atoms with E-state index >= 15 is 0 Å². The summed E-state index contributed by atoms with van der Waals surface area (Å²) in [5, 5.41) is 13.0. The highest BCUT2D eigenvalue weighted by Gasteiger charge is 2.01. The lowest BCUT2D eigenvalue weighted by Crippen LogP contribution is -2.13. The Morgan fingerprint density at radius 2 is 1.67 bits per heavy atom. The summed E-state index contributed by atoms with van der Waals surface area (Å²) in [5.41, 5.74) is 4.83. The van der Waals surface area contributed by atoms with Crippen LogP contribution < -0.4 is 5.32 Å². The number of hydrogen-bond donors (Lipinski definition) is 2. The first kappa shape index (κ1) is 12.7. The maximum absolute atomic E-state index is 9.66. The molecule has 2 nitrogen and oxygen atoms in total. The fourth-order valence-electron chi connectivity index (χ4n) is 2.04. The number of nitrogens with one attached hydrogen (secondary N) is 1. The number of rotatable bonds is 4. The number of aryl methyl sites for hydroxylation is 2. The van der Waals surface area contributed by atoms with E-state index in [4.69, 9.17) is 0 Å². The lowest BCUT2D eigenvalue weighted by molar-refractivity contribution is 0.464. The SMILES string of the molecule is Cc1ccc(CNCc2ccccc2O)c(C)c1. The van der Waals surface area contributed by atoms with E-state index in [1.54, 1.807) is 6.07 Å². The Morgan fingerprint density at radius 3 is 2.39 bits per heavy atom. The van der Waals surface area contributed by atoms with E-state index in [-0.39, 0.29) is 0 Å². The van der Waals surface area contributed by atoms with Crippen molar-refractivity contribution in [1.29, 1.82) is 0 Å². The van der Waals surface area contributed by atoms with Gasteiger partial charge in [0.1, 0.15) is 5.75 Å². The van der Waals surface area contributed by atoms with E-state index in [9.17, 15) is 5.11 Å². The van der Waals surface area contributed by atoms with Crippen LogP contribution in [0.2, 0.25) is 0 Å². The quantitative estimate of drug-likeness (QED) is 0.860. The van der Waals surface area contributed by atoms with Crippen LogP contribution in [-0.2, 0) is 13.1 Å². The molecule has 2 aromatic carbocycles. The van der Waals surface area contributed by atoms with Crippen molar-refractivity contribution in [2.24, 2.45) is 0 Å². The number of phenolic OH excluding ortho intramolecular Hbond substituents is 1. The van der Waals surface area contributed by atoms with Gasteiger partial charge in [0.25, 0.3) is 0 Å². The van der Waals surface area contributed by atoms with Gasteiger partial charge in [-0.15, -0.1) is 0 Å². The van der Waals surface area contributed by atoms with Crippen LogP contribution in [0.3, 0.4) is 0 Å². The number of hydrogen-bond acceptors (Lipinski definition) is 2. The Morgan fingerprint density at radius 1 is 0.944 bits per heavy atom. The van der Waals surface area contributed by atoms with Gasteiger partial charge in [0.2, 0.25) is 0 Å². The standard InChI is InChI=1S/C16H19NO/c1-12-7-8-14(13(2)9-12)10-17-11-15-5-3-4-6-16(15)18/h3-9,17-18H,10-11H2,1-2H3. The van der Waals surface area contributed by atoms with Crippen LogP contribution in [0.25, 0.3) is 0 Å². The van der Waals surface area contributed by atoms with Crippen molar-refractivity contribution < 1.29 is 5.11 Å². The Hall–Kier alpha value is -1.80. The van der Waals surface area contributed by atoms with Crippen molar-refractivity contribution in [2.75, 3.05) is 0 Å². The molecule has 2 aromatic rings. The van der Waals surface area contributed by atoms with E-state index in [1.807, 2.05) is 18.2 Å². The molecule has 0 unspecified atom stereocenters. The minimum absolute atomic E-state index is 0.352. The normalized spacial score (nSPS) is 10.6. The van der Waals surface area contributed by atoms with E-state index in [2.05, 4.69) is 37.4 Å². The van der Waals surface area contributed by atoms with Gasteiger partial charge < -0.3 is 10.4 Å². The zero-order valence-corrected chi connectivity index (χ0v) is 10.9. The van der Waals surface area contributed by atoms with Gasteiger partial charge in [-0.1, -0.05) is 42.0 Å². The maximum atomic E-state index is 9.66. The summed E-state index contributed by atoms with van der Waals surface area (Å²) in [6.45, 7) is 5.73. The minimum Gasteiger partial charge on any atom is -0.508 e.